The zero-order chi connectivity index (χ0) is 17.0. The molecular weight excluding hydrogens is 330 g/mol. The number of hydrogen-bond donors (Lipinski definition) is 2. The Hall–Kier alpha value is -1.92. The lowest BCUT2D eigenvalue weighted by atomic mass is 10.0. The van der Waals surface area contributed by atoms with Gasteiger partial charge in [0.15, 0.2) is 0 Å². The summed E-state index contributed by atoms with van der Waals surface area (Å²) >= 11 is 0. The van der Waals surface area contributed by atoms with Gasteiger partial charge in [-0.1, -0.05) is 20.3 Å². The maximum Gasteiger partial charge on any atom is 0.261 e. The summed E-state index contributed by atoms with van der Waals surface area (Å²) in [6, 6.07) is 4.64. The van der Waals surface area contributed by atoms with Crippen LogP contribution in [0.2, 0.25) is 0 Å². The van der Waals surface area contributed by atoms with Crippen molar-refractivity contribution in [3.63, 3.8) is 0 Å². The second-order valence-electron chi connectivity index (χ2n) is 5.93. The Bertz CT molecular complexity index is 634. The van der Waals surface area contributed by atoms with Gasteiger partial charge < -0.3 is 11.1 Å². The van der Waals surface area contributed by atoms with Gasteiger partial charge in [0.25, 0.3) is 17.7 Å². The van der Waals surface area contributed by atoms with Crippen LogP contribution >= 0.6 is 12.4 Å². The minimum absolute atomic E-state index is 0. The van der Waals surface area contributed by atoms with Gasteiger partial charge in [-0.15, -0.1) is 12.4 Å². The predicted octanol–water partition coefficient (Wildman–Crippen LogP) is 1.83. The van der Waals surface area contributed by atoms with Crippen molar-refractivity contribution in [1.29, 1.82) is 0 Å². The van der Waals surface area contributed by atoms with Crippen LogP contribution in [0.15, 0.2) is 18.2 Å². The van der Waals surface area contributed by atoms with Crippen LogP contribution in [0.5, 0.6) is 0 Å². The molecule has 132 valence electrons. The molecule has 1 unspecified atom stereocenters. The van der Waals surface area contributed by atoms with E-state index in [1.807, 2.05) is 13.8 Å². The summed E-state index contributed by atoms with van der Waals surface area (Å²) in [5.41, 5.74) is 6.59. The minimum atomic E-state index is -0.316. The monoisotopic (exact) mass is 353 g/mol. The van der Waals surface area contributed by atoms with Gasteiger partial charge in [-0.25, -0.2) is 0 Å². The maximum absolute atomic E-state index is 12.4. The molecule has 3 amide bonds. The first kappa shape index (κ1) is 20.1. The fourth-order valence-electron chi connectivity index (χ4n) is 2.40. The number of rotatable bonds is 7. The van der Waals surface area contributed by atoms with Crippen molar-refractivity contribution in [2.24, 2.45) is 11.7 Å². The smallest absolute Gasteiger partial charge is 0.261 e. The number of amides is 3. The molecule has 1 aliphatic rings. The molecule has 0 spiro atoms. The van der Waals surface area contributed by atoms with Gasteiger partial charge >= 0.3 is 0 Å². The van der Waals surface area contributed by atoms with Crippen molar-refractivity contribution in [3.8, 4) is 0 Å². The molecule has 0 saturated carbocycles. The second-order valence-corrected chi connectivity index (χ2v) is 5.93. The summed E-state index contributed by atoms with van der Waals surface area (Å²) in [6.45, 7) is 5.32. The Morgan fingerprint density at radius 3 is 2.54 bits per heavy atom. The van der Waals surface area contributed by atoms with E-state index >= 15 is 0 Å². The van der Waals surface area contributed by atoms with E-state index in [0.29, 0.717) is 36.3 Å². The molecule has 1 atom stereocenters. The Morgan fingerprint density at radius 1 is 1.25 bits per heavy atom. The van der Waals surface area contributed by atoms with Gasteiger partial charge in [0.2, 0.25) is 0 Å². The molecule has 3 N–H and O–H groups in total. The summed E-state index contributed by atoms with van der Waals surface area (Å²) in [4.78, 5) is 38.0. The van der Waals surface area contributed by atoms with E-state index in [1.165, 1.54) is 11.0 Å². The number of nitrogens with two attached hydrogens (primary N) is 1. The average molecular weight is 354 g/mol. The van der Waals surface area contributed by atoms with Crippen molar-refractivity contribution >= 4 is 30.1 Å². The molecule has 0 bridgehead atoms. The number of halogens is 1. The standard InChI is InChI=1S/C17H23N3O3.ClH/c1-3-4-7-20-16(22)13-6-5-12(8-14(13)17(20)23)15(21)19-10-11(2)9-18;/h5-6,8,11H,3-4,7,9-10,18H2,1-2H3,(H,19,21);1H. The van der Waals surface area contributed by atoms with Crippen LogP contribution in [0, 0.1) is 5.92 Å². The zero-order valence-electron chi connectivity index (χ0n) is 14.0. The Labute approximate surface area is 148 Å². The van der Waals surface area contributed by atoms with Crippen molar-refractivity contribution in [1.82, 2.24) is 10.2 Å². The maximum atomic E-state index is 12.4. The summed E-state index contributed by atoms with van der Waals surface area (Å²) in [5.74, 6) is -0.674. The number of unbranched alkanes of at least 4 members (excludes halogenated alkanes) is 1. The van der Waals surface area contributed by atoms with Crippen LogP contribution in [0.4, 0.5) is 0 Å². The molecule has 0 aromatic heterocycles. The van der Waals surface area contributed by atoms with Crippen LogP contribution in [0.1, 0.15) is 57.8 Å². The first-order valence-corrected chi connectivity index (χ1v) is 7.98. The number of carbonyl (C=O) groups excluding carboxylic acids is 3. The van der Waals surface area contributed by atoms with Crippen LogP contribution in [-0.4, -0.2) is 42.3 Å². The second kappa shape index (κ2) is 8.80. The van der Waals surface area contributed by atoms with Gasteiger partial charge in [-0.3, -0.25) is 19.3 Å². The number of benzene rings is 1. The number of hydrogen-bond acceptors (Lipinski definition) is 4. The van der Waals surface area contributed by atoms with E-state index in [0.717, 1.165) is 12.8 Å². The minimum Gasteiger partial charge on any atom is -0.352 e. The number of imide groups is 1. The number of carbonyl (C=O) groups is 3. The first-order chi connectivity index (χ1) is 11.0. The fraction of sp³-hybridized carbons (Fsp3) is 0.471. The lowest BCUT2D eigenvalue weighted by molar-refractivity contribution is 0.0652. The van der Waals surface area contributed by atoms with Gasteiger partial charge in [-0.2, -0.15) is 0 Å². The van der Waals surface area contributed by atoms with E-state index in [2.05, 4.69) is 5.32 Å². The molecule has 1 aromatic rings. The van der Waals surface area contributed by atoms with Gasteiger partial charge in [0.1, 0.15) is 0 Å². The molecule has 0 radical (unpaired) electrons. The van der Waals surface area contributed by atoms with Gasteiger partial charge in [-0.05, 0) is 37.1 Å². The zero-order valence-corrected chi connectivity index (χ0v) is 14.8. The van der Waals surface area contributed by atoms with E-state index < -0.39 is 0 Å². The largest absolute Gasteiger partial charge is 0.352 e. The quantitative estimate of drug-likeness (QED) is 0.731. The Balaban J connectivity index is 0.00000288. The van der Waals surface area contributed by atoms with E-state index in [4.69, 9.17) is 5.73 Å². The van der Waals surface area contributed by atoms with Crippen LogP contribution in [0.3, 0.4) is 0 Å². The normalized spacial score (nSPS) is 14.2. The molecule has 1 heterocycles. The average Bonchev–Trinajstić information content (AvgIpc) is 2.81. The summed E-state index contributed by atoms with van der Waals surface area (Å²) in [5, 5.41) is 2.78. The third-order valence-corrected chi connectivity index (χ3v) is 3.98. The molecule has 0 saturated heterocycles. The molecule has 1 aliphatic heterocycles. The van der Waals surface area contributed by atoms with Gasteiger partial charge in [0.05, 0.1) is 11.1 Å². The molecule has 1 aromatic carbocycles. The van der Waals surface area contributed by atoms with Crippen molar-refractivity contribution in [2.45, 2.75) is 26.7 Å². The third-order valence-electron chi connectivity index (χ3n) is 3.98. The highest BCUT2D eigenvalue weighted by molar-refractivity contribution is 6.22. The summed E-state index contributed by atoms with van der Waals surface area (Å²) in [7, 11) is 0. The molecule has 6 nitrogen and oxygen atoms in total. The highest BCUT2D eigenvalue weighted by Gasteiger charge is 2.35. The molecule has 7 heteroatoms. The Morgan fingerprint density at radius 2 is 1.92 bits per heavy atom. The van der Waals surface area contributed by atoms with Gasteiger partial charge in [0, 0.05) is 18.7 Å². The van der Waals surface area contributed by atoms with Crippen molar-refractivity contribution in [2.75, 3.05) is 19.6 Å². The molecule has 0 fully saturated rings. The highest BCUT2D eigenvalue weighted by Crippen LogP contribution is 2.24. The molecule has 2 rings (SSSR count). The first-order valence-electron chi connectivity index (χ1n) is 7.98. The lowest BCUT2D eigenvalue weighted by Gasteiger charge is -2.12. The topological polar surface area (TPSA) is 92.5 Å². The molecule has 24 heavy (non-hydrogen) atoms. The number of nitrogens with zero attached hydrogens (tertiary/aromatic N) is 1. The summed E-state index contributed by atoms with van der Waals surface area (Å²) < 4.78 is 0. The fourth-order valence-corrected chi connectivity index (χ4v) is 2.40. The van der Waals surface area contributed by atoms with Crippen LogP contribution in [0.25, 0.3) is 0 Å². The van der Waals surface area contributed by atoms with Crippen LogP contribution in [-0.2, 0) is 0 Å². The predicted molar refractivity (Wildman–Crippen MR) is 94.5 cm³/mol. The molecule has 0 aliphatic carbocycles. The number of fused-ring (bicyclic) bond motifs is 1. The SMILES string of the molecule is CCCCN1C(=O)c2ccc(C(=O)NCC(C)CN)cc2C1=O.Cl. The third kappa shape index (κ3) is 4.13. The number of nitrogens with one attached hydrogen (secondary N) is 1. The van der Waals surface area contributed by atoms with Crippen LogP contribution < -0.4 is 11.1 Å². The highest BCUT2D eigenvalue weighted by atomic mass is 35.5. The Kier molecular flexibility index (Phi) is 7.38. The van der Waals surface area contributed by atoms with E-state index in [-0.39, 0.29) is 36.0 Å². The van der Waals surface area contributed by atoms with Crippen molar-refractivity contribution < 1.29 is 14.4 Å². The van der Waals surface area contributed by atoms with E-state index in [9.17, 15) is 14.4 Å². The van der Waals surface area contributed by atoms with Crippen molar-refractivity contribution in [3.05, 3.63) is 34.9 Å². The molecular formula is C17H24ClN3O3. The lowest BCUT2D eigenvalue weighted by Crippen LogP contribution is -2.31. The van der Waals surface area contributed by atoms with E-state index in [1.54, 1.807) is 12.1 Å². The summed E-state index contributed by atoms with van der Waals surface area (Å²) in [6.07, 6.45) is 1.68.